The van der Waals surface area contributed by atoms with Gasteiger partial charge in [0.05, 0.1) is 26.4 Å². The maximum Gasteiger partial charge on any atom is 0.129 e. The van der Waals surface area contributed by atoms with Crippen LogP contribution in [0.3, 0.4) is 0 Å². The molecule has 3 rings (SSSR count). The van der Waals surface area contributed by atoms with Crippen molar-refractivity contribution in [1.29, 1.82) is 0 Å². The molecule has 6 nitrogen and oxygen atoms in total. The number of aliphatic hydroxyl groups excluding tert-OH is 1. The maximum absolute atomic E-state index is 14.1. The summed E-state index contributed by atoms with van der Waals surface area (Å²) >= 11 is 6.13. The number of benzene rings is 2. The van der Waals surface area contributed by atoms with Gasteiger partial charge in [-0.05, 0) is 12.1 Å². The van der Waals surface area contributed by atoms with Crippen molar-refractivity contribution in [3.05, 3.63) is 70.6 Å². The fourth-order valence-corrected chi connectivity index (χ4v) is 2.96. The monoisotopic (exact) mass is 404 g/mol. The highest BCUT2D eigenvalue weighted by molar-refractivity contribution is 6.31. The Morgan fingerprint density at radius 3 is 2.64 bits per heavy atom. The molecule has 1 heterocycles. The van der Waals surface area contributed by atoms with Gasteiger partial charge in [-0.15, -0.1) is 0 Å². The van der Waals surface area contributed by atoms with Crippen molar-refractivity contribution >= 4 is 11.6 Å². The molecule has 1 aromatic heterocycles. The van der Waals surface area contributed by atoms with E-state index in [0.29, 0.717) is 36.9 Å². The molecule has 0 aliphatic rings. The highest BCUT2D eigenvalue weighted by Crippen LogP contribution is 2.23. The van der Waals surface area contributed by atoms with Crippen LogP contribution in [0.5, 0.6) is 0 Å². The third-order valence-electron chi connectivity index (χ3n) is 4.08. The van der Waals surface area contributed by atoms with Crippen LogP contribution in [0.2, 0.25) is 5.02 Å². The van der Waals surface area contributed by atoms with Gasteiger partial charge in [-0.1, -0.05) is 48.0 Å². The lowest BCUT2D eigenvalue weighted by Gasteiger charge is -2.05. The molecule has 3 aromatic rings. The van der Waals surface area contributed by atoms with Gasteiger partial charge < -0.3 is 15.2 Å². The van der Waals surface area contributed by atoms with Crippen molar-refractivity contribution < 1.29 is 14.2 Å². The van der Waals surface area contributed by atoms with Crippen LogP contribution in [-0.4, -0.2) is 46.5 Å². The number of hydrogen-bond acceptors (Lipinski definition) is 5. The predicted octanol–water partition coefficient (Wildman–Crippen LogP) is 2.88. The Hall–Kier alpha value is -2.32. The molecule has 2 aromatic carbocycles. The number of aromatic nitrogens is 3. The summed E-state index contributed by atoms with van der Waals surface area (Å²) in [4.78, 5) is 1.46. The van der Waals surface area contributed by atoms with E-state index in [2.05, 4.69) is 15.5 Å². The first-order chi connectivity index (χ1) is 13.7. The lowest BCUT2D eigenvalue weighted by molar-refractivity contribution is 0.0937. The van der Waals surface area contributed by atoms with E-state index >= 15 is 0 Å². The number of ether oxygens (including phenoxy) is 1. The van der Waals surface area contributed by atoms with Gasteiger partial charge in [-0.2, -0.15) is 15.0 Å². The second-order valence-corrected chi connectivity index (χ2v) is 6.51. The number of hydrogen-bond donors (Lipinski definition) is 2. The zero-order chi connectivity index (χ0) is 19.8. The molecule has 8 heteroatoms. The lowest BCUT2D eigenvalue weighted by atomic mass is 10.1. The molecule has 0 spiro atoms. The fourth-order valence-electron chi connectivity index (χ4n) is 2.73. The Morgan fingerprint density at radius 2 is 1.89 bits per heavy atom. The molecule has 0 radical (unpaired) electrons. The summed E-state index contributed by atoms with van der Waals surface area (Å²) in [6, 6.07) is 14.3. The normalized spacial score (nSPS) is 11.1. The Bertz CT molecular complexity index is 869. The smallest absolute Gasteiger partial charge is 0.129 e. The van der Waals surface area contributed by atoms with Crippen LogP contribution in [0, 0.1) is 5.82 Å². The van der Waals surface area contributed by atoms with Gasteiger partial charge in [0, 0.05) is 29.2 Å². The molecular formula is C20H22ClFN4O2. The Morgan fingerprint density at radius 1 is 1.07 bits per heavy atom. The maximum atomic E-state index is 14.1. The number of halogens is 2. The molecule has 0 amide bonds. The molecule has 0 saturated heterocycles. The van der Waals surface area contributed by atoms with Crippen molar-refractivity contribution in [1.82, 2.24) is 20.3 Å². The van der Waals surface area contributed by atoms with Gasteiger partial charge in [0.2, 0.25) is 0 Å². The van der Waals surface area contributed by atoms with Gasteiger partial charge >= 0.3 is 0 Å². The van der Waals surface area contributed by atoms with E-state index < -0.39 is 0 Å². The number of aliphatic hydroxyl groups is 1. The van der Waals surface area contributed by atoms with E-state index in [1.54, 1.807) is 12.1 Å². The first kappa shape index (κ1) is 20.4. The highest BCUT2D eigenvalue weighted by atomic mass is 35.5. The molecule has 0 atom stereocenters. The molecule has 0 bridgehead atoms. The van der Waals surface area contributed by atoms with Gasteiger partial charge in [0.1, 0.15) is 17.2 Å². The quantitative estimate of drug-likeness (QED) is 0.508. The van der Waals surface area contributed by atoms with Crippen molar-refractivity contribution in [2.24, 2.45) is 0 Å². The third kappa shape index (κ3) is 5.36. The molecule has 0 unspecified atom stereocenters. The highest BCUT2D eigenvalue weighted by Gasteiger charge is 2.15. The van der Waals surface area contributed by atoms with Crippen LogP contribution >= 0.6 is 11.6 Å². The SMILES string of the molecule is OCCOCCNCc1nn(Cc2c(F)cccc2Cl)nc1-c1ccccc1. The average molecular weight is 405 g/mol. The van der Waals surface area contributed by atoms with Crippen molar-refractivity contribution in [2.45, 2.75) is 13.1 Å². The van der Waals surface area contributed by atoms with E-state index in [0.717, 1.165) is 17.0 Å². The van der Waals surface area contributed by atoms with Gasteiger partial charge in [-0.3, -0.25) is 0 Å². The van der Waals surface area contributed by atoms with Crippen LogP contribution in [-0.2, 0) is 17.8 Å². The fraction of sp³-hybridized carbons (Fsp3) is 0.300. The zero-order valence-electron chi connectivity index (χ0n) is 15.3. The largest absolute Gasteiger partial charge is 0.394 e. The summed E-state index contributed by atoms with van der Waals surface area (Å²) in [5.74, 6) is -0.383. The van der Waals surface area contributed by atoms with Crippen molar-refractivity contribution in [2.75, 3.05) is 26.4 Å². The predicted molar refractivity (Wildman–Crippen MR) is 106 cm³/mol. The van der Waals surface area contributed by atoms with E-state index in [4.69, 9.17) is 21.4 Å². The summed E-state index contributed by atoms with van der Waals surface area (Å²) in [7, 11) is 0. The summed E-state index contributed by atoms with van der Waals surface area (Å²) in [6.07, 6.45) is 0. The Kier molecular flexibility index (Phi) is 7.50. The standard InChI is InChI=1S/C20H22ClFN4O2/c21-17-7-4-8-18(22)16(17)14-26-24-19(13-23-9-11-28-12-10-27)20(25-26)15-5-2-1-3-6-15/h1-8,23,27H,9-14H2. The number of rotatable bonds is 10. The molecule has 0 fully saturated rings. The van der Waals surface area contributed by atoms with Crippen LogP contribution in [0.25, 0.3) is 11.3 Å². The average Bonchev–Trinajstić information content (AvgIpc) is 3.11. The molecule has 28 heavy (non-hydrogen) atoms. The first-order valence-corrected chi connectivity index (χ1v) is 9.38. The lowest BCUT2D eigenvalue weighted by Crippen LogP contribution is -2.20. The van der Waals surface area contributed by atoms with Gasteiger partial charge in [0.15, 0.2) is 0 Å². The molecule has 0 aliphatic heterocycles. The van der Waals surface area contributed by atoms with E-state index in [9.17, 15) is 4.39 Å². The zero-order valence-corrected chi connectivity index (χ0v) is 16.1. The minimum Gasteiger partial charge on any atom is -0.394 e. The van der Waals surface area contributed by atoms with Crippen LogP contribution in [0.1, 0.15) is 11.3 Å². The summed E-state index contributed by atoms with van der Waals surface area (Å²) in [5, 5.41) is 21.4. The van der Waals surface area contributed by atoms with E-state index in [1.807, 2.05) is 30.3 Å². The Labute approximate surface area is 167 Å². The topological polar surface area (TPSA) is 72.2 Å². The second-order valence-electron chi connectivity index (χ2n) is 6.10. The van der Waals surface area contributed by atoms with Gasteiger partial charge in [0.25, 0.3) is 0 Å². The minimum absolute atomic E-state index is 0.00505. The number of nitrogens with one attached hydrogen (secondary N) is 1. The van der Waals surface area contributed by atoms with Crippen LogP contribution in [0.15, 0.2) is 48.5 Å². The van der Waals surface area contributed by atoms with Crippen molar-refractivity contribution in [3.63, 3.8) is 0 Å². The molecule has 2 N–H and O–H groups in total. The number of nitrogens with zero attached hydrogens (tertiary/aromatic N) is 3. The van der Waals surface area contributed by atoms with Crippen molar-refractivity contribution in [3.8, 4) is 11.3 Å². The molecule has 148 valence electrons. The summed E-state index contributed by atoms with van der Waals surface area (Å²) in [6.45, 7) is 2.05. The van der Waals surface area contributed by atoms with Crippen LogP contribution < -0.4 is 5.32 Å². The molecular weight excluding hydrogens is 383 g/mol. The van der Waals surface area contributed by atoms with Crippen LogP contribution in [0.4, 0.5) is 4.39 Å². The molecule has 0 saturated carbocycles. The van der Waals surface area contributed by atoms with Gasteiger partial charge in [-0.25, -0.2) is 4.39 Å². The third-order valence-corrected chi connectivity index (χ3v) is 4.44. The minimum atomic E-state index is -0.383. The van der Waals surface area contributed by atoms with E-state index in [1.165, 1.54) is 10.9 Å². The summed E-state index contributed by atoms with van der Waals surface area (Å²) < 4.78 is 19.4. The van der Waals surface area contributed by atoms with E-state index in [-0.39, 0.29) is 19.0 Å². The molecule has 0 aliphatic carbocycles. The second kappa shape index (κ2) is 10.3. The summed E-state index contributed by atoms with van der Waals surface area (Å²) in [5.41, 5.74) is 2.77. The Balaban J connectivity index is 1.77. The first-order valence-electron chi connectivity index (χ1n) is 9.00.